The highest BCUT2D eigenvalue weighted by Crippen LogP contribution is 2.34. The molecule has 0 saturated heterocycles. The molecule has 3 rings (SSSR count). The van der Waals surface area contributed by atoms with E-state index >= 15 is 0 Å². The Kier molecular flexibility index (Phi) is 2.90. The smallest absolute Gasteiger partial charge is 0.150 e. The summed E-state index contributed by atoms with van der Waals surface area (Å²) in [7, 11) is 0. The Morgan fingerprint density at radius 2 is 1.94 bits per heavy atom. The van der Waals surface area contributed by atoms with Gasteiger partial charge in [-0.15, -0.1) is 11.3 Å². The van der Waals surface area contributed by atoms with Gasteiger partial charge in [0.15, 0.2) is 0 Å². The minimum absolute atomic E-state index is 0.697. The molecule has 3 heteroatoms. The average molecular weight is 273 g/mol. The topological polar surface area (TPSA) is 17.1 Å². The van der Waals surface area contributed by atoms with E-state index in [9.17, 15) is 4.79 Å². The van der Waals surface area contributed by atoms with Crippen LogP contribution < -0.4 is 0 Å². The Hall–Kier alpha value is -1.64. The molecule has 0 amide bonds. The normalized spacial score (nSPS) is 10.7. The number of hydrogen-bond acceptors (Lipinski definition) is 2. The van der Waals surface area contributed by atoms with Crippen LogP contribution >= 0.6 is 22.9 Å². The first-order valence-corrected chi connectivity index (χ1v) is 6.70. The molecule has 0 atom stereocenters. The lowest BCUT2D eigenvalue weighted by Gasteiger charge is -1.97. The van der Waals surface area contributed by atoms with Crippen molar-refractivity contribution in [3.63, 3.8) is 0 Å². The summed E-state index contributed by atoms with van der Waals surface area (Å²) >= 11 is 7.68. The fourth-order valence-corrected chi connectivity index (χ4v) is 3.14. The van der Waals surface area contributed by atoms with E-state index in [1.165, 1.54) is 4.70 Å². The highest BCUT2D eigenvalue weighted by Gasteiger charge is 2.05. The van der Waals surface area contributed by atoms with E-state index in [1.807, 2.05) is 36.4 Å². The van der Waals surface area contributed by atoms with E-state index in [0.29, 0.717) is 5.56 Å². The quantitative estimate of drug-likeness (QED) is 0.598. The monoisotopic (exact) mass is 272 g/mol. The Morgan fingerprint density at radius 3 is 2.78 bits per heavy atom. The summed E-state index contributed by atoms with van der Waals surface area (Å²) < 4.78 is 1.20. The van der Waals surface area contributed by atoms with Gasteiger partial charge < -0.3 is 0 Å². The summed E-state index contributed by atoms with van der Waals surface area (Å²) in [5.74, 6) is 0. The molecule has 0 spiro atoms. The lowest BCUT2D eigenvalue weighted by atomic mass is 10.1. The van der Waals surface area contributed by atoms with Crippen LogP contribution in [0.4, 0.5) is 0 Å². The van der Waals surface area contributed by atoms with Crippen molar-refractivity contribution in [3.8, 4) is 10.4 Å². The molecule has 0 N–H and O–H groups in total. The molecule has 0 saturated carbocycles. The van der Waals surface area contributed by atoms with Gasteiger partial charge in [-0.25, -0.2) is 0 Å². The van der Waals surface area contributed by atoms with Gasteiger partial charge in [0.2, 0.25) is 0 Å². The zero-order valence-electron chi connectivity index (χ0n) is 9.39. The molecule has 3 aromatic rings. The maximum atomic E-state index is 10.8. The zero-order valence-corrected chi connectivity index (χ0v) is 11.0. The highest BCUT2D eigenvalue weighted by molar-refractivity contribution is 7.22. The molecule has 18 heavy (non-hydrogen) atoms. The van der Waals surface area contributed by atoms with Crippen molar-refractivity contribution in [2.45, 2.75) is 0 Å². The first-order valence-electron chi connectivity index (χ1n) is 5.51. The first-order chi connectivity index (χ1) is 8.76. The molecule has 1 heterocycles. The van der Waals surface area contributed by atoms with Crippen molar-refractivity contribution in [1.29, 1.82) is 0 Å². The lowest BCUT2D eigenvalue weighted by Crippen LogP contribution is -1.79. The SMILES string of the molecule is O=Cc1cccc(-c2cc3cc(Cl)ccc3s2)c1. The Bertz CT molecular complexity index is 730. The Morgan fingerprint density at radius 1 is 1.06 bits per heavy atom. The van der Waals surface area contributed by atoms with Crippen LogP contribution in [0.3, 0.4) is 0 Å². The molecule has 2 aromatic carbocycles. The maximum absolute atomic E-state index is 10.8. The Balaban J connectivity index is 2.15. The number of halogens is 1. The van der Waals surface area contributed by atoms with Crippen LogP contribution in [0.1, 0.15) is 10.4 Å². The molecule has 0 bridgehead atoms. The van der Waals surface area contributed by atoms with Crippen molar-refractivity contribution in [3.05, 3.63) is 59.1 Å². The van der Waals surface area contributed by atoms with Crippen molar-refractivity contribution >= 4 is 39.3 Å². The predicted octanol–water partition coefficient (Wildman–Crippen LogP) is 5.03. The van der Waals surface area contributed by atoms with E-state index in [4.69, 9.17) is 11.6 Å². The number of carbonyl (C=O) groups excluding carboxylic acids is 1. The summed E-state index contributed by atoms with van der Waals surface area (Å²) in [6, 6.07) is 15.6. The average Bonchev–Trinajstić information content (AvgIpc) is 2.81. The number of aldehydes is 1. The molecule has 0 aliphatic rings. The van der Waals surface area contributed by atoms with Gasteiger partial charge in [-0.05, 0) is 41.3 Å². The first kappa shape index (κ1) is 11.5. The van der Waals surface area contributed by atoms with Crippen molar-refractivity contribution in [2.75, 3.05) is 0 Å². The fraction of sp³-hybridized carbons (Fsp3) is 0. The number of fused-ring (bicyclic) bond motifs is 1. The van der Waals surface area contributed by atoms with Gasteiger partial charge in [-0.3, -0.25) is 4.79 Å². The van der Waals surface area contributed by atoms with Crippen LogP contribution in [-0.2, 0) is 0 Å². The molecule has 0 aliphatic carbocycles. The number of benzene rings is 2. The number of thiophene rings is 1. The van der Waals surface area contributed by atoms with Crippen molar-refractivity contribution in [1.82, 2.24) is 0 Å². The highest BCUT2D eigenvalue weighted by atomic mass is 35.5. The van der Waals surface area contributed by atoms with Crippen LogP contribution in [-0.4, -0.2) is 6.29 Å². The molecule has 0 aliphatic heterocycles. The molecule has 88 valence electrons. The molecule has 1 aromatic heterocycles. The molecular formula is C15H9ClOS. The third-order valence-electron chi connectivity index (χ3n) is 2.79. The fourth-order valence-electron chi connectivity index (χ4n) is 1.92. The minimum Gasteiger partial charge on any atom is -0.298 e. The number of carbonyl (C=O) groups is 1. The van der Waals surface area contributed by atoms with Crippen molar-refractivity contribution in [2.24, 2.45) is 0 Å². The largest absolute Gasteiger partial charge is 0.298 e. The van der Waals surface area contributed by atoms with Crippen LogP contribution in [0.2, 0.25) is 5.02 Å². The van der Waals surface area contributed by atoms with Gasteiger partial charge in [0.1, 0.15) is 6.29 Å². The molecule has 0 unspecified atom stereocenters. The molecule has 0 fully saturated rings. The zero-order chi connectivity index (χ0) is 12.5. The van der Waals surface area contributed by atoms with E-state index < -0.39 is 0 Å². The second-order valence-electron chi connectivity index (χ2n) is 4.04. The summed E-state index contributed by atoms with van der Waals surface area (Å²) in [4.78, 5) is 11.9. The van der Waals surface area contributed by atoms with E-state index in [0.717, 1.165) is 27.1 Å². The van der Waals surface area contributed by atoms with Crippen LogP contribution in [0.15, 0.2) is 48.5 Å². The number of hydrogen-bond donors (Lipinski definition) is 0. The van der Waals surface area contributed by atoms with Gasteiger partial charge in [-0.1, -0.05) is 29.8 Å². The third kappa shape index (κ3) is 2.05. The van der Waals surface area contributed by atoms with Crippen LogP contribution in [0.25, 0.3) is 20.5 Å². The molecule has 1 nitrogen and oxygen atoms in total. The summed E-state index contributed by atoms with van der Waals surface area (Å²) in [5, 5.41) is 1.88. The van der Waals surface area contributed by atoms with Gasteiger partial charge >= 0.3 is 0 Å². The van der Waals surface area contributed by atoms with Gasteiger partial charge in [0, 0.05) is 20.2 Å². The second kappa shape index (κ2) is 4.56. The van der Waals surface area contributed by atoms with E-state index in [-0.39, 0.29) is 0 Å². The van der Waals surface area contributed by atoms with Gasteiger partial charge in [0.05, 0.1) is 0 Å². The standard InChI is InChI=1S/C15H9ClOS/c16-13-4-5-14-12(7-13)8-15(18-14)11-3-1-2-10(6-11)9-17/h1-9H. The van der Waals surface area contributed by atoms with E-state index in [1.54, 1.807) is 17.4 Å². The molecule has 0 radical (unpaired) electrons. The second-order valence-corrected chi connectivity index (χ2v) is 5.56. The van der Waals surface area contributed by atoms with Crippen LogP contribution in [0, 0.1) is 0 Å². The number of rotatable bonds is 2. The molecular weight excluding hydrogens is 264 g/mol. The van der Waals surface area contributed by atoms with Gasteiger partial charge in [0.25, 0.3) is 0 Å². The summed E-state index contributed by atoms with van der Waals surface area (Å²) in [6.07, 6.45) is 0.869. The minimum atomic E-state index is 0.697. The Labute approximate surface area is 114 Å². The van der Waals surface area contributed by atoms with Gasteiger partial charge in [-0.2, -0.15) is 0 Å². The third-order valence-corrected chi connectivity index (χ3v) is 4.19. The van der Waals surface area contributed by atoms with Crippen LogP contribution in [0.5, 0.6) is 0 Å². The maximum Gasteiger partial charge on any atom is 0.150 e. The summed E-state index contributed by atoms with van der Waals surface area (Å²) in [5.41, 5.74) is 1.76. The predicted molar refractivity (Wildman–Crippen MR) is 77.7 cm³/mol. The lowest BCUT2D eigenvalue weighted by molar-refractivity contribution is 0.112. The van der Waals surface area contributed by atoms with E-state index in [2.05, 4.69) is 6.07 Å². The van der Waals surface area contributed by atoms with Crippen molar-refractivity contribution < 1.29 is 4.79 Å². The summed E-state index contributed by atoms with van der Waals surface area (Å²) in [6.45, 7) is 0.